The molecule has 4 aromatic rings. The molecule has 2 N–H and O–H groups in total. The van der Waals surface area contributed by atoms with Crippen LogP contribution in [0.2, 0.25) is 0 Å². The van der Waals surface area contributed by atoms with Crippen molar-refractivity contribution in [2.45, 2.75) is 45.1 Å². The first-order valence-electron chi connectivity index (χ1n) is 13.3. The average molecular weight is 510 g/mol. The minimum Gasteiger partial charge on any atom is -0.477 e. The van der Waals surface area contributed by atoms with E-state index in [9.17, 15) is 15.0 Å². The van der Waals surface area contributed by atoms with Gasteiger partial charge < -0.3 is 19.6 Å². The van der Waals surface area contributed by atoms with Crippen LogP contribution in [0.5, 0.6) is 0 Å². The molecule has 3 heterocycles. The largest absolute Gasteiger partial charge is 0.477 e. The zero-order valence-corrected chi connectivity index (χ0v) is 21.4. The second kappa shape index (κ2) is 10.1. The number of pyridine rings is 1. The number of nitrogens with zero attached hydrogens (tertiary/aromatic N) is 3. The Hall–Kier alpha value is -3.97. The molecule has 194 valence electrons. The van der Waals surface area contributed by atoms with Crippen molar-refractivity contribution in [3.05, 3.63) is 82.8 Å². The van der Waals surface area contributed by atoms with Crippen molar-refractivity contribution >= 4 is 28.6 Å². The minimum absolute atomic E-state index is 0.0508. The van der Waals surface area contributed by atoms with Crippen molar-refractivity contribution in [2.24, 2.45) is 5.92 Å². The third kappa shape index (κ3) is 4.70. The number of aryl methyl sites for hydroxylation is 1. The molecule has 2 fully saturated rings. The first-order valence-corrected chi connectivity index (χ1v) is 13.3. The number of aromatic nitrogens is 2. The van der Waals surface area contributed by atoms with Crippen LogP contribution in [0.3, 0.4) is 0 Å². The number of piperidine rings is 1. The molecule has 2 aromatic heterocycles. The zero-order chi connectivity index (χ0) is 26.2. The van der Waals surface area contributed by atoms with Gasteiger partial charge in [0.05, 0.1) is 12.1 Å². The summed E-state index contributed by atoms with van der Waals surface area (Å²) < 4.78 is 5.85. The Morgan fingerprint density at radius 2 is 1.89 bits per heavy atom. The van der Waals surface area contributed by atoms with Crippen molar-refractivity contribution in [3.63, 3.8) is 0 Å². The third-order valence-electron chi connectivity index (χ3n) is 7.81. The summed E-state index contributed by atoms with van der Waals surface area (Å²) in [6.07, 6.45) is 8.96. The van der Waals surface area contributed by atoms with E-state index in [1.807, 2.05) is 24.3 Å². The maximum absolute atomic E-state index is 11.4. The highest BCUT2D eigenvalue weighted by Gasteiger charge is 2.32. The normalized spacial score (nSPS) is 16.5. The molecule has 1 aliphatic heterocycles. The number of hydrogen-bond donors (Lipinski definition) is 2. The second-order valence-corrected chi connectivity index (χ2v) is 10.4. The molecule has 0 atom stereocenters. The maximum Gasteiger partial charge on any atom is 0.354 e. The lowest BCUT2D eigenvalue weighted by atomic mass is 9.93. The topological polar surface area (TPSA) is 99.7 Å². The fourth-order valence-electron chi connectivity index (χ4n) is 5.45. The fourth-order valence-corrected chi connectivity index (χ4v) is 5.45. The molecular weight excluding hydrogens is 478 g/mol. The summed E-state index contributed by atoms with van der Waals surface area (Å²) in [4.78, 5) is 18.0. The first kappa shape index (κ1) is 24.4. The van der Waals surface area contributed by atoms with E-state index in [0.29, 0.717) is 22.9 Å². The Kier molecular flexibility index (Phi) is 6.45. The van der Waals surface area contributed by atoms with Crippen LogP contribution >= 0.6 is 0 Å². The molecule has 2 aliphatic rings. The Morgan fingerprint density at radius 3 is 2.61 bits per heavy atom. The number of fused-ring (bicyclic) bond motifs is 1. The molecular formula is C31H31N3O4. The number of anilines is 1. The molecule has 7 nitrogen and oxygen atoms in total. The number of rotatable bonds is 7. The SMILES string of the molecule is Cc1ccccc1-c1noc(C2CC2)c1/C=C/C1CCN(c2ccc3nc(C(=O)O)cc(CO)c3c2)CC1. The standard InChI is InChI=1S/C31H31N3O4/c1-19-4-2-3-5-24(19)29-25(30(38-33-29)21-7-8-21)10-6-20-12-14-34(15-13-20)23-9-11-27-26(17-23)22(18-35)16-28(32-27)31(36)37/h2-6,9-11,16-17,20-21,35H,7-8,12-15,18H2,1H3,(H,36,37)/b10-6+. The molecule has 7 heteroatoms. The van der Waals surface area contributed by atoms with Gasteiger partial charge in [0.25, 0.3) is 0 Å². The van der Waals surface area contributed by atoms with Crippen LogP contribution < -0.4 is 4.90 Å². The van der Waals surface area contributed by atoms with Gasteiger partial charge in [-0.2, -0.15) is 0 Å². The Balaban J connectivity index is 1.19. The van der Waals surface area contributed by atoms with E-state index in [1.54, 1.807) is 0 Å². The summed E-state index contributed by atoms with van der Waals surface area (Å²) in [5, 5.41) is 24.4. The van der Waals surface area contributed by atoms with Crippen LogP contribution in [-0.2, 0) is 6.61 Å². The highest BCUT2D eigenvalue weighted by Crippen LogP contribution is 2.45. The van der Waals surface area contributed by atoms with Gasteiger partial charge in [0.2, 0.25) is 0 Å². The number of aromatic carboxylic acids is 1. The van der Waals surface area contributed by atoms with Gasteiger partial charge in [0, 0.05) is 41.2 Å². The molecule has 0 amide bonds. The zero-order valence-electron chi connectivity index (χ0n) is 21.4. The number of carbonyl (C=O) groups is 1. The maximum atomic E-state index is 11.4. The van der Waals surface area contributed by atoms with Crippen molar-refractivity contribution in [1.82, 2.24) is 10.1 Å². The van der Waals surface area contributed by atoms with E-state index >= 15 is 0 Å². The van der Waals surface area contributed by atoms with Crippen molar-refractivity contribution < 1.29 is 19.5 Å². The van der Waals surface area contributed by atoms with E-state index in [-0.39, 0.29) is 12.3 Å². The van der Waals surface area contributed by atoms with E-state index in [0.717, 1.165) is 59.6 Å². The number of aliphatic hydroxyl groups is 1. The lowest BCUT2D eigenvalue weighted by molar-refractivity contribution is 0.0690. The Labute approximate surface area is 221 Å². The van der Waals surface area contributed by atoms with Crippen LogP contribution in [0.25, 0.3) is 28.2 Å². The van der Waals surface area contributed by atoms with Gasteiger partial charge in [0.15, 0.2) is 0 Å². The van der Waals surface area contributed by atoms with Gasteiger partial charge in [-0.15, -0.1) is 0 Å². The molecule has 6 rings (SSSR count). The molecule has 0 spiro atoms. The van der Waals surface area contributed by atoms with Crippen molar-refractivity contribution in [2.75, 3.05) is 18.0 Å². The third-order valence-corrected chi connectivity index (χ3v) is 7.81. The Morgan fingerprint density at radius 1 is 1.11 bits per heavy atom. The average Bonchev–Trinajstić information content (AvgIpc) is 3.70. The molecule has 1 saturated carbocycles. The minimum atomic E-state index is -1.10. The van der Waals surface area contributed by atoms with Crippen LogP contribution in [0.15, 0.2) is 59.1 Å². The van der Waals surface area contributed by atoms with Gasteiger partial charge in [0.1, 0.15) is 17.1 Å². The molecule has 0 unspecified atom stereocenters. The van der Waals surface area contributed by atoms with Crippen molar-refractivity contribution in [3.8, 4) is 11.3 Å². The second-order valence-electron chi connectivity index (χ2n) is 10.4. The lowest BCUT2D eigenvalue weighted by Crippen LogP contribution is -2.33. The summed E-state index contributed by atoms with van der Waals surface area (Å²) in [6.45, 7) is 3.71. The van der Waals surface area contributed by atoms with Gasteiger partial charge in [-0.25, -0.2) is 9.78 Å². The molecule has 38 heavy (non-hydrogen) atoms. The van der Waals surface area contributed by atoms with Gasteiger partial charge >= 0.3 is 5.97 Å². The highest BCUT2D eigenvalue weighted by molar-refractivity contribution is 5.92. The molecule has 1 saturated heterocycles. The Bertz CT molecular complexity index is 1530. The van der Waals surface area contributed by atoms with Crippen LogP contribution in [0, 0.1) is 12.8 Å². The van der Waals surface area contributed by atoms with Gasteiger partial charge in [-0.1, -0.05) is 41.6 Å². The van der Waals surface area contributed by atoms with E-state index < -0.39 is 5.97 Å². The lowest BCUT2D eigenvalue weighted by Gasteiger charge is -2.32. The predicted octanol–water partition coefficient (Wildman–Crippen LogP) is 6.20. The van der Waals surface area contributed by atoms with Crippen LogP contribution in [0.1, 0.15) is 64.5 Å². The predicted molar refractivity (Wildman–Crippen MR) is 147 cm³/mol. The summed E-state index contributed by atoms with van der Waals surface area (Å²) in [5.74, 6) is 0.875. The van der Waals surface area contributed by atoms with Gasteiger partial charge in [-0.05, 0) is 73.9 Å². The first-order chi connectivity index (χ1) is 18.5. The van der Waals surface area contributed by atoms with Crippen LogP contribution in [-0.4, -0.2) is 39.4 Å². The van der Waals surface area contributed by atoms with E-state index in [2.05, 4.69) is 52.3 Å². The summed E-state index contributed by atoms with van der Waals surface area (Å²) in [5.41, 5.74) is 6.57. The smallest absolute Gasteiger partial charge is 0.354 e. The number of carboxylic acids is 1. The van der Waals surface area contributed by atoms with E-state index in [4.69, 9.17) is 4.52 Å². The molecule has 2 aromatic carbocycles. The van der Waals surface area contributed by atoms with E-state index in [1.165, 1.54) is 24.5 Å². The summed E-state index contributed by atoms with van der Waals surface area (Å²) >= 11 is 0. The number of aliphatic hydroxyl groups excluding tert-OH is 1. The molecule has 0 radical (unpaired) electrons. The molecule has 0 bridgehead atoms. The quantitative estimate of drug-likeness (QED) is 0.306. The number of carboxylic acid groups (broad SMARTS) is 1. The van der Waals surface area contributed by atoms with Crippen LogP contribution in [0.4, 0.5) is 5.69 Å². The number of allylic oxidation sites excluding steroid dienone is 1. The fraction of sp³-hybridized carbons (Fsp3) is 0.323. The monoisotopic (exact) mass is 509 g/mol. The number of benzene rings is 2. The highest BCUT2D eigenvalue weighted by atomic mass is 16.5. The molecule has 1 aliphatic carbocycles. The van der Waals surface area contributed by atoms with Gasteiger partial charge in [-0.3, -0.25) is 0 Å². The summed E-state index contributed by atoms with van der Waals surface area (Å²) in [6, 6.07) is 15.6. The summed E-state index contributed by atoms with van der Waals surface area (Å²) in [7, 11) is 0. The number of hydrogen-bond acceptors (Lipinski definition) is 6. The van der Waals surface area contributed by atoms with Crippen molar-refractivity contribution in [1.29, 1.82) is 0 Å².